The number of para-hydroxylation sites is 1. The van der Waals surface area contributed by atoms with Crippen LogP contribution in [0, 0.1) is 0 Å². The zero-order valence-electron chi connectivity index (χ0n) is 17.3. The van der Waals surface area contributed by atoms with Gasteiger partial charge in [-0.2, -0.15) is 0 Å². The van der Waals surface area contributed by atoms with Crippen LogP contribution in [0.4, 0.5) is 5.69 Å². The highest BCUT2D eigenvalue weighted by atomic mass is 32.2. The standard InChI is InChI=1S/C23H24N2O5S/c1-3-30-20-13-11-19(12-14-20)25-31(27,28)21-9-6-8-17(15-21)23(26)24-16-18-7-4-5-10-22(18)29-2/h4-15,25H,3,16H2,1-2H3,(H,24,26). The Morgan fingerprint density at radius 2 is 1.71 bits per heavy atom. The second kappa shape index (κ2) is 9.99. The number of sulfonamides is 1. The Bertz CT molecular complexity index is 1140. The van der Waals surface area contributed by atoms with Crippen molar-refractivity contribution in [2.24, 2.45) is 0 Å². The van der Waals surface area contributed by atoms with Crippen LogP contribution in [0.15, 0.2) is 77.7 Å². The van der Waals surface area contributed by atoms with Gasteiger partial charge in [-0.25, -0.2) is 8.42 Å². The van der Waals surface area contributed by atoms with Crippen LogP contribution in [0.2, 0.25) is 0 Å². The molecule has 31 heavy (non-hydrogen) atoms. The van der Waals surface area contributed by atoms with Crippen LogP contribution in [0.5, 0.6) is 11.5 Å². The average molecular weight is 441 g/mol. The molecular formula is C23H24N2O5S. The van der Waals surface area contributed by atoms with Crippen molar-refractivity contribution in [3.63, 3.8) is 0 Å². The summed E-state index contributed by atoms with van der Waals surface area (Å²) in [6.07, 6.45) is 0. The molecule has 3 aromatic rings. The number of nitrogens with one attached hydrogen (secondary N) is 2. The minimum atomic E-state index is -3.86. The fourth-order valence-corrected chi connectivity index (χ4v) is 4.04. The molecule has 0 aliphatic carbocycles. The van der Waals surface area contributed by atoms with Gasteiger partial charge < -0.3 is 14.8 Å². The molecule has 3 aromatic carbocycles. The first-order chi connectivity index (χ1) is 14.9. The largest absolute Gasteiger partial charge is 0.496 e. The molecule has 0 spiro atoms. The van der Waals surface area contributed by atoms with Gasteiger partial charge in [0.15, 0.2) is 0 Å². The molecule has 2 N–H and O–H groups in total. The molecule has 162 valence electrons. The first-order valence-corrected chi connectivity index (χ1v) is 11.2. The van der Waals surface area contributed by atoms with Crippen LogP contribution in [0.1, 0.15) is 22.8 Å². The van der Waals surface area contributed by atoms with Gasteiger partial charge >= 0.3 is 0 Å². The maximum atomic E-state index is 12.8. The van der Waals surface area contributed by atoms with Gasteiger partial charge in [-0.15, -0.1) is 0 Å². The zero-order valence-corrected chi connectivity index (χ0v) is 18.1. The zero-order chi connectivity index (χ0) is 22.3. The van der Waals surface area contributed by atoms with Crippen molar-refractivity contribution in [3.05, 3.63) is 83.9 Å². The number of ether oxygens (including phenoxy) is 2. The molecule has 0 heterocycles. The summed E-state index contributed by atoms with van der Waals surface area (Å²) in [4.78, 5) is 12.6. The fourth-order valence-electron chi connectivity index (χ4n) is 2.93. The Balaban J connectivity index is 1.71. The highest BCUT2D eigenvalue weighted by Gasteiger charge is 2.17. The third kappa shape index (κ3) is 5.76. The molecule has 0 bridgehead atoms. The summed E-state index contributed by atoms with van der Waals surface area (Å²) < 4.78 is 38.7. The third-order valence-corrected chi connectivity index (χ3v) is 5.83. The summed E-state index contributed by atoms with van der Waals surface area (Å²) >= 11 is 0. The van der Waals surface area contributed by atoms with Gasteiger partial charge in [-0.05, 0) is 55.5 Å². The number of methoxy groups -OCH3 is 1. The second-order valence-corrected chi connectivity index (χ2v) is 8.27. The lowest BCUT2D eigenvalue weighted by molar-refractivity contribution is 0.0950. The number of rotatable bonds is 9. The number of anilines is 1. The Morgan fingerprint density at radius 3 is 2.42 bits per heavy atom. The van der Waals surface area contributed by atoms with Crippen molar-refractivity contribution >= 4 is 21.6 Å². The van der Waals surface area contributed by atoms with Crippen molar-refractivity contribution in [1.82, 2.24) is 5.32 Å². The molecule has 0 saturated carbocycles. The summed E-state index contributed by atoms with van der Waals surface area (Å²) in [6.45, 7) is 2.65. The molecule has 0 aliphatic heterocycles. The number of amides is 1. The molecule has 0 unspecified atom stereocenters. The summed E-state index contributed by atoms with van der Waals surface area (Å²) in [5, 5.41) is 2.79. The normalized spacial score (nSPS) is 10.9. The summed E-state index contributed by atoms with van der Waals surface area (Å²) in [5.41, 5.74) is 1.46. The van der Waals surface area contributed by atoms with E-state index in [2.05, 4.69) is 10.0 Å². The van der Waals surface area contributed by atoms with Gasteiger partial charge in [0.1, 0.15) is 11.5 Å². The first-order valence-electron chi connectivity index (χ1n) is 9.69. The van der Waals surface area contributed by atoms with Gasteiger partial charge in [0.05, 0.1) is 18.6 Å². The molecule has 0 atom stereocenters. The van der Waals surface area contributed by atoms with Crippen LogP contribution < -0.4 is 19.5 Å². The monoisotopic (exact) mass is 440 g/mol. The van der Waals surface area contributed by atoms with E-state index in [1.165, 1.54) is 18.2 Å². The predicted molar refractivity (Wildman–Crippen MR) is 119 cm³/mol. The summed E-state index contributed by atoms with van der Waals surface area (Å²) in [6, 6.07) is 19.8. The van der Waals surface area contributed by atoms with Crippen molar-refractivity contribution in [2.75, 3.05) is 18.4 Å². The molecule has 0 saturated heterocycles. The van der Waals surface area contributed by atoms with Crippen molar-refractivity contribution in [1.29, 1.82) is 0 Å². The van der Waals surface area contributed by atoms with Gasteiger partial charge in [-0.3, -0.25) is 9.52 Å². The number of hydrogen-bond donors (Lipinski definition) is 2. The Hall–Kier alpha value is -3.52. The third-order valence-electron chi connectivity index (χ3n) is 4.46. The van der Waals surface area contributed by atoms with E-state index in [9.17, 15) is 13.2 Å². The fraction of sp³-hybridized carbons (Fsp3) is 0.174. The Kier molecular flexibility index (Phi) is 7.15. The minimum Gasteiger partial charge on any atom is -0.496 e. The number of carbonyl (C=O) groups excluding carboxylic acids is 1. The number of benzene rings is 3. The van der Waals surface area contributed by atoms with Crippen LogP contribution in [0.3, 0.4) is 0 Å². The molecule has 0 aliphatic rings. The second-order valence-electron chi connectivity index (χ2n) is 6.59. The Labute approximate surface area is 182 Å². The lowest BCUT2D eigenvalue weighted by atomic mass is 10.2. The quantitative estimate of drug-likeness (QED) is 0.528. The number of carbonyl (C=O) groups is 1. The lowest BCUT2D eigenvalue weighted by Crippen LogP contribution is -2.23. The molecule has 0 radical (unpaired) electrons. The molecule has 3 rings (SSSR count). The number of hydrogen-bond acceptors (Lipinski definition) is 5. The predicted octanol–water partition coefficient (Wildman–Crippen LogP) is 3.82. The van der Waals surface area contributed by atoms with E-state index in [0.29, 0.717) is 23.8 Å². The first kappa shape index (κ1) is 22.2. The van der Waals surface area contributed by atoms with Crippen LogP contribution in [0.25, 0.3) is 0 Å². The van der Waals surface area contributed by atoms with Crippen molar-refractivity contribution in [3.8, 4) is 11.5 Å². The molecule has 8 heteroatoms. The van der Waals surface area contributed by atoms with E-state index in [1.54, 1.807) is 43.5 Å². The molecule has 0 fully saturated rings. The van der Waals surface area contributed by atoms with E-state index >= 15 is 0 Å². The van der Waals surface area contributed by atoms with E-state index in [1.807, 2.05) is 25.1 Å². The van der Waals surface area contributed by atoms with E-state index < -0.39 is 10.0 Å². The van der Waals surface area contributed by atoms with Gasteiger partial charge in [-0.1, -0.05) is 24.3 Å². The lowest BCUT2D eigenvalue weighted by Gasteiger charge is -2.11. The summed E-state index contributed by atoms with van der Waals surface area (Å²) in [7, 11) is -2.30. The van der Waals surface area contributed by atoms with Gasteiger partial charge in [0.25, 0.3) is 15.9 Å². The topological polar surface area (TPSA) is 93.7 Å². The van der Waals surface area contributed by atoms with Gasteiger partial charge in [0.2, 0.25) is 0 Å². The van der Waals surface area contributed by atoms with Crippen LogP contribution in [-0.4, -0.2) is 28.0 Å². The van der Waals surface area contributed by atoms with Crippen molar-refractivity contribution in [2.45, 2.75) is 18.4 Å². The maximum Gasteiger partial charge on any atom is 0.261 e. The SMILES string of the molecule is CCOc1ccc(NS(=O)(=O)c2cccc(C(=O)NCc3ccccc3OC)c2)cc1. The highest BCUT2D eigenvalue weighted by molar-refractivity contribution is 7.92. The van der Waals surface area contributed by atoms with E-state index in [0.717, 1.165) is 5.56 Å². The van der Waals surface area contributed by atoms with Crippen LogP contribution in [-0.2, 0) is 16.6 Å². The molecular weight excluding hydrogens is 416 g/mol. The Morgan fingerprint density at radius 1 is 0.968 bits per heavy atom. The van der Waals surface area contributed by atoms with Crippen LogP contribution >= 0.6 is 0 Å². The maximum absolute atomic E-state index is 12.8. The molecule has 1 amide bonds. The van der Waals surface area contributed by atoms with E-state index in [4.69, 9.17) is 9.47 Å². The van der Waals surface area contributed by atoms with Crippen molar-refractivity contribution < 1.29 is 22.7 Å². The highest BCUT2D eigenvalue weighted by Crippen LogP contribution is 2.21. The van der Waals surface area contributed by atoms with Gasteiger partial charge in [0, 0.05) is 23.4 Å². The smallest absolute Gasteiger partial charge is 0.261 e. The molecule has 7 nitrogen and oxygen atoms in total. The average Bonchev–Trinajstić information content (AvgIpc) is 2.79. The minimum absolute atomic E-state index is 0.00803. The summed E-state index contributed by atoms with van der Waals surface area (Å²) in [5.74, 6) is 0.932. The van der Waals surface area contributed by atoms with E-state index in [-0.39, 0.29) is 22.9 Å². The molecule has 0 aromatic heterocycles.